The number of carboxylic acids is 1. The van der Waals surface area contributed by atoms with Gasteiger partial charge < -0.3 is 15.7 Å². The first-order chi connectivity index (χ1) is 8.58. The molecule has 0 spiro atoms. The van der Waals surface area contributed by atoms with Crippen LogP contribution in [0.1, 0.15) is 37.6 Å². The third-order valence-corrected chi connectivity index (χ3v) is 3.60. The summed E-state index contributed by atoms with van der Waals surface area (Å²) >= 11 is 1.57. The van der Waals surface area contributed by atoms with Crippen LogP contribution in [-0.4, -0.2) is 23.1 Å². The molecule has 3 N–H and O–H groups in total. The maximum atomic E-state index is 11.7. The van der Waals surface area contributed by atoms with Crippen LogP contribution in [0.4, 0.5) is 4.79 Å². The SMILES string of the molecule is CCC(NC(=O)N[C@@H](CC)C(=O)O)c1cccs1. The lowest BCUT2D eigenvalue weighted by atomic mass is 10.2. The molecule has 0 aliphatic carbocycles. The van der Waals surface area contributed by atoms with Gasteiger partial charge in [0.1, 0.15) is 6.04 Å². The number of nitrogens with one attached hydrogen (secondary N) is 2. The molecule has 2 amide bonds. The number of carbonyl (C=O) groups is 2. The van der Waals surface area contributed by atoms with Gasteiger partial charge in [0.25, 0.3) is 0 Å². The third kappa shape index (κ3) is 4.03. The standard InChI is InChI=1S/C12H18N2O3S/c1-3-8(10-6-5-7-18-10)13-12(17)14-9(4-2)11(15)16/h5-9H,3-4H2,1-2H3,(H,15,16)(H2,13,14,17)/t8?,9-/m0/s1. The highest BCUT2D eigenvalue weighted by Gasteiger charge is 2.19. The lowest BCUT2D eigenvalue weighted by molar-refractivity contribution is -0.139. The van der Waals surface area contributed by atoms with Gasteiger partial charge in [-0.2, -0.15) is 0 Å². The van der Waals surface area contributed by atoms with Gasteiger partial charge in [-0.3, -0.25) is 0 Å². The van der Waals surface area contributed by atoms with Crippen LogP contribution >= 0.6 is 11.3 Å². The minimum atomic E-state index is -1.02. The smallest absolute Gasteiger partial charge is 0.326 e. The quantitative estimate of drug-likeness (QED) is 0.742. The molecule has 0 saturated heterocycles. The van der Waals surface area contributed by atoms with Crippen molar-refractivity contribution in [2.45, 2.75) is 38.8 Å². The van der Waals surface area contributed by atoms with Gasteiger partial charge in [0.05, 0.1) is 6.04 Å². The molecule has 1 heterocycles. The van der Waals surface area contributed by atoms with Gasteiger partial charge in [-0.15, -0.1) is 11.3 Å². The normalized spacial score (nSPS) is 13.7. The first-order valence-corrected chi connectivity index (χ1v) is 6.79. The minimum absolute atomic E-state index is 0.0729. The van der Waals surface area contributed by atoms with Crippen LogP contribution in [0.2, 0.25) is 0 Å². The van der Waals surface area contributed by atoms with E-state index < -0.39 is 18.0 Å². The Morgan fingerprint density at radius 3 is 2.50 bits per heavy atom. The molecule has 18 heavy (non-hydrogen) atoms. The Hall–Kier alpha value is -1.56. The predicted molar refractivity (Wildman–Crippen MR) is 70.7 cm³/mol. The summed E-state index contributed by atoms with van der Waals surface area (Å²) in [6.45, 7) is 3.69. The molecule has 6 heteroatoms. The van der Waals surface area contributed by atoms with E-state index in [1.165, 1.54) is 0 Å². The van der Waals surface area contributed by atoms with Crippen molar-refractivity contribution in [1.82, 2.24) is 10.6 Å². The van der Waals surface area contributed by atoms with Crippen LogP contribution in [0.25, 0.3) is 0 Å². The Morgan fingerprint density at radius 2 is 2.06 bits per heavy atom. The first-order valence-electron chi connectivity index (χ1n) is 5.91. The van der Waals surface area contributed by atoms with Crippen molar-refractivity contribution >= 4 is 23.3 Å². The highest BCUT2D eigenvalue weighted by atomic mass is 32.1. The monoisotopic (exact) mass is 270 g/mol. The van der Waals surface area contributed by atoms with Crippen molar-refractivity contribution in [2.75, 3.05) is 0 Å². The van der Waals surface area contributed by atoms with Crippen LogP contribution in [0.5, 0.6) is 0 Å². The van der Waals surface area contributed by atoms with Gasteiger partial charge in [0.15, 0.2) is 0 Å². The van der Waals surface area contributed by atoms with Crippen LogP contribution in [-0.2, 0) is 4.79 Å². The van der Waals surface area contributed by atoms with Crippen molar-refractivity contribution in [3.8, 4) is 0 Å². The van der Waals surface area contributed by atoms with Crippen LogP contribution in [0.15, 0.2) is 17.5 Å². The molecule has 0 radical (unpaired) electrons. The zero-order valence-corrected chi connectivity index (χ0v) is 11.3. The molecule has 1 rings (SSSR count). The van der Waals surface area contributed by atoms with E-state index in [9.17, 15) is 9.59 Å². The third-order valence-electron chi connectivity index (χ3n) is 2.61. The molecule has 1 aromatic rings. The summed E-state index contributed by atoms with van der Waals surface area (Å²) in [5, 5.41) is 16.0. The molecular formula is C12H18N2O3S. The number of carbonyl (C=O) groups excluding carboxylic acids is 1. The number of urea groups is 1. The summed E-state index contributed by atoms with van der Waals surface area (Å²) in [6, 6.07) is 2.52. The first kappa shape index (κ1) is 14.5. The number of carboxylic acid groups (broad SMARTS) is 1. The molecule has 0 aliphatic rings. The molecule has 0 fully saturated rings. The van der Waals surface area contributed by atoms with Gasteiger partial charge in [0, 0.05) is 4.88 Å². The van der Waals surface area contributed by atoms with Crippen molar-refractivity contribution in [3.63, 3.8) is 0 Å². The molecule has 0 aliphatic heterocycles. The van der Waals surface area contributed by atoms with Crippen molar-refractivity contribution in [2.24, 2.45) is 0 Å². The summed E-state index contributed by atoms with van der Waals surface area (Å²) in [6.07, 6.45) is 1.12. The summed E-state index contributed by atoms with van der Waals surface area (Å²) in [7, 11) is 0. The summed E-state index contributed by atoms with van der Waals surface area (Å²) < 4.78 is 0. The fraction of sp³-hybridized carbons (Fsp3) is 0.500. The molecule has 1 aromatic heterocycles. The van der Waals surface area contributed by atoms with Crippen molar-refractivity contribution in [1.29, 1.82) is 0 Å². The zero-order chi connectivity index (χ0) is 13.5. The van der Waals surface area contributed by atoms with E-state index in [0.29, 0.717) is 6.42 Å². The van der Waals surface area contributed by atoms with Gasteiger partial charge in [-0.05, 0) is 24.3 Å². The van der Waals surface area contributed by atoms with E-state index in [0.717, 1.165) is 11.3 Å². The Morgan fingerprint density at radius 1 is 1.33 bits per heavy atom. The molecule has 100 valence electrons. The fourth-order valence-corrected chi connectivity index (χ4v) is 2.42. The number of aliphatic carboxylic acids is 1. The van der Waals surface area contributed by atoms with Crippen molar-refractivity contribution < 1.29 is 14.7 Å². The van der Waals surface area contributed by atoms with E-state index in [-0.39, 0.29) is 6.04 Å². The van der Waals surface area contributed by atoms with Crippen LogP contribution in [0, 0.1) is 0 Å². The second kappa shape index (κ2) is 7.00. The Balaban J connectivity index is 2.55. The molecule has 2 atom stereocenters. The molecule has 0 bridgehead atoms. The van der Waals surface area contributed by atoms with Crippen molar-refractivity contribution in [3.05, 3.63) is 22.4 Å². The van der Waals surface area contributed by atoms with E-state index in [4.69, 9.17) is 5.11 Å². The second-order valence-electron chi connectivity index (χ2n) is 3.89. The topological polar surface area (TPSA) is 78.4 Å². The average Bonchev–Trinajstić information content (AvgIpc) is 2.86. The Labute approximate surface area is 110 Å². The highest BCUT2D eigenvalue weighted by Crippen LogP contribution is 2.21. The van der Waals surface area contributed by atoms with Gasteiger partial charge in [0.2, 0.25) is 0 Å². The molecule has 5 nitrogen and oxygen atoms in total. The number of thiophene rings is 1. The lowest BCUT2D eigenvalue weighted by Gasteiger charge is -2.18. The molecule has 1 unspecified atom stereocenters. The lowest BCUT2D eigenvalue weighted by Crippen LogP contribution is -2.46. The van der Waals surface area contributed by atoms with E-state index in [1.54, 1.807) is 18.3 Å². The number of rotatable bonds is 6. The van der Waals surface area contributed by atoms with Gasteiger partial charge >= 0.3 is 12.0 Å². The zero-order valence-electron chi connectivity index (χ0n) is 10.5. The van der Waals surface area contributed by atoms with E-state index in [1.807, 2.05) is 24.4 Å². The largest absolute Gasteiger partial charge is 0.480 e. The number of hydrogen-bond acceptors (Lipinski definition) is 3. The van der Waals surface area contributed by atoms with Crippen LogP contribution in [0.3, 0.4) is 0 Å². The predicted octanol–water partition coefficient (Wildman–Crippen LogP) is 2.36. The number of hydrogen-bond donors (Lipinski definition) is 3. The Kier molecular flexibility index (Phi) is 5.64. The molecule has 0 aromatic carbocycles. The minimum Gasteiger partial charge on any atom is -0.480 e. The van der Waals surface area contributed by atoms with E-state index >= 15 is 0 Å². The summed E-state index contributed by atoms with van der Waals surface area (Å²) in [5.41, 5.74) is 0. The molecular weight excluding hydrogens is 252 g/mol. The fourth-order valence-electron chi connectivity index (χ4n) is 1.56. The summed E-state index contributed by atoms with van der Waals surface area (Å²) in [5.74, 6) is -1.02. The second-order valence-corrected chi connectivity index (χ2v) is 4.87. The van der Waals surface area contributed by atoms with E-state index in [2.05, 4.69) is 10.6 Å². The van der Waals surface area contributed by atoms with Gasteiger partial charge in [-0.1, -0.05) is 19.9 Å². The Bertz CT molecular complexity index is 392. The highest BCUT2D eigenvalue weighted by molar-refractivity contribution is 7.10. The molecule has 0 saturated carbocycles. The maximum absolute atomic E-state index is 11.7. The van der Waals surface area contributed by atoms with Crippen LogP contribution < -0.4 is 10.6 Å². The maximum Gasteiger partial charge on any atom is 0.326 e. The summed E-state index contributed by atoms with van der Waals surface area (Å²) in [4.78, 5) is 23.6. The number of amides is 2. The van der Waals surface area contributed by atoms with Gasteiger partial charge in [-0.25, -0.2) is 9.59 Å². The average molecular weight is 270 g/mol.